The van der Waals surface area contributed by atoms with Gasteiger partial charge in [-0.1, -0.05) is 12.1 Å². The molecule has 1 N–H and O–H groups in total. The third kappa shape index (κ3) is 2.11. The lowest BCUT2D eigenvalue weighted by Gasteiger charge is -2.21. The molecule has 18 heavy (non-hydrogen) atoms. The Hall–Kier alpha value is -1.47. The molecular weight excluding hydrogens is 261 g/mol. The molecule has 0 aromatic heterocycles. The molecule has 1 aromatic carbocycles. The molecule has 0 bridgehead atoms. The zero-order valence-corrected chi connectivity index (χ0v) is 10.2. The first-order chi connectivity index (χ1) is 8.44. The summed E-state index contributed by atoms with van der Waals surface area (Å²) >= 11 is 0. The van der Waals surface area contributed by atoms with Crippen molar-refractivity contribution in [2.24, 2.45) is 0 Å². The molecule has 1 atom stereocenters. The van der Waals surface area contributed by atoms with Gasteiger partial charge in [-0.3, -0.25) is 4.79 Å². The Balaban J connectivity index is 2.43. The van der Waals surface area contributed by atoms with Crippen molar-refractivity contribution in [3.05, 3.63) is 30.1 Å². The van der Waals surface area contributed by atoms with Crippen molar-refractivity contribution < 1.29 is 22.7 Å². The molecule has 0 unspecified atom stereocenters. The Morgan fingerprint density at radius 1 is 1.39 bits per heavy atom. The van der Waals surface area contributed by atoms with Gasteiger partial charge in [-0.2, -0.15) is 4.31 Å². The van der Waals surface area contributed by atoms with Crippen LogP contribution in [0.3, 0.4) is 0 Å². The highest BCUT2D eigenvalue weighted by atomic mass is 32.2. The lowest BCUT2D eigenvalue weighted by atomic mass is 10.2. The van der Waals surface area contributed by atoms with Gasteiger partial charge in [0.1, 0.15) is 16.8 Å². The normalized spacial score (nSPS) is 21.1. The Morgan fingerprint density at radius 2 is 2.06 bits per heavy atom. The summed E-state index contributed by atoms with van der Waals surface area (Å²) in [6, 6.07) is 3.87. The van der Waals surface area contributed by atoms with Crippen LogP contribution in [-0.2, 0) is 14.8 Å². The standard InChI is InChI=1S/C11H12FNO4S/c12-8-4-1-2-6-10(8)18(16,17)13-7-3-5-9(13)11(14)15/h1-2,4,6,9H,3,5,7H2,(H,14,15)/t9-/m0/s1. The van der Waals surface area contributed by atoms with Crippen LogP contribution in [0.15, 0.2) is 29.2 Å². The lowest BCUT2D eigenvalue weighted by Crippen LogP contribution is -2.40. The van der Waals surface area contributed by atoms with Crippen LogP contribution in [0.1, 0.15) is 12.8 Å². The van der Waals surface area contributed by atoms with Crippen LogP contribution in [-0.4, -0.2) is 36.4 Å². The van der Waals surface area contributed by atoms with E-state index in [0.717, 1.165) is 16.4 Å². The van der Waals surface area contributed by atoms with Gasteiger partial charge in [-0.25, -0.2) is 12.8 Å². The Bertz CT molecular complexity index is 572. The van der Waals surface area contributed by atoms with E-state index in [1.165, 1.54) is 12.1 Å². The smallest absolute Gasteiger partial charge is 0.322 e. The monoisotopic (exact) mass is 273 g/mol. The lowest BCUT2D eigenvalue weighted by molar-refractivity contribution is -0.140. The van der Waals surface area contributed by atoms with Crippen molar-refractivity contribution >= 4 is 16.0 Å². The molecule has 0 radical (unpaired) electrons. The number of benzene rings is 1. The van der Waals surface area contributed by atoms with Crippen molar-refractivity contribution in [2.45, 2.75) is 23.8 Å². The second-order valence-corrected chi connectivity index (χ2v) is 5.90. The van der Waals surface area contributed by atoms with Gasteiger partial charge in [0.2, 0.25) is 10.0 Å². The van der Waals surface area contributed by atoms with Gasteiger partial charge in [-0.05, 0) is 25.0 Å². The molecule has 5 nitrogen and oxygen atoms in total. The predicted octanol–water partition coefficient (Wildman–Crippen LogP) is 1.06. The number of sulfonamides is 1. The van der Waals surface area contributed by atoms with E-state index in [4.69, 9.17) is 5.11 Å². The van der Waals surface area contributed by atoms with E-state index in [9.17, 15) is 17.6 Å². The fraction of sp³-hybridized carbons (Fsp3) is 0.364. The van der Waals surface area contributed by atoms with Crippen LogP contribution in [0.5, 0.6) is 0 Å². The highest BCUT2D eigenvalue weighted by Gasteiger charge is 2.40. The van der Waals surface area contributed by atoms with Crippen molar-refractivity contribution in [2.75, 3.05) is 6.54 Å². The van der Waals surface area contributed by atoms with E-state index in [-0.39, 0.29) is 13.0 Å². The van der Waals surface area contributed by atoms with Gasteiger partial charge in [0.05, 0.1) is 0 Å². The van der Waals surface area contributed by atoms with Crippen LogP contribution >= 0.6 is 0 Å². The minimum Gasteiger partial charge on any atom is -0.480 e. The van der Waals surface area contributed by atoms with E-state index in [1.54, 1.807) is 0 Å². The third-order valence-corrected chi connectivity index (χ3v) is 4.85. The first kappa shape index (κ1) is 13.0. The first-order valence-electron chi connectivity index (χ1n) is 5.44. The predicted molar refractivity (Wildman–Crippen MR) is 60.9 cm³/mol. The maximum absolute atomic E-state index is 13.5. The van der Waals surface area contributed by atoms with Gasteiger partial charge in [0, 0.05) is 6.54 Å². The molecule has 1 heterocycles. The van der Waals surface area contributed by atoms with Crippen molar-refractivity contribution in [3.63, 3.8) is 0 Å². The highest BCUT2D eigenvalue weighted by Crippen LogP contribution is 2.27. The van der Waals surface area contributed by atoms with Crippen LogP contribution in [0, 0.1) is 5.82 Å². The molecular formula is C11H12FNO4S. The maximum Gasteiger partial charge on any atom is 0.322 e. The van der Waals surface area contributed by atoms with E-state index in [2.05, 4.69) is 0 Å². The summed E-state index contributed by atoms with van der Waals surface area (Å²) < 4.78 is 38.8. The molecule has 1 fully saturated rings. The summed E-state index contributed by atoms with van der Waals surface area (Å²) in [4.78, 5) is 10.5. The third-order valence-electron chi connectivity index (χ3n) is 2.91. The second kappa shape index (κ2) is 4.66. The molecule has 2 rings (SSSR count). The molecule has 1 saturated heterocycles. The Labute approximate surface area is 104 Å². The fourth-order valence-corrected chi connectivity index (χ4v) is 3.77. The number of carboxylic acid groups (broad SMARTS) is 1. The largest absolute Gasteiger partial charge is 0.480 e. The molecule has 7 heteroatoms. The number of carbonyl (C=O) groups is 1. The van der Waals surface area contributed by atoms with Gasteiger partial charge < -0.3 is 5.11 Å². The zero-order valence-electron chi connectivity index (χ0n) is 9.41. The summed E-state index contributed by atoms with van der Waals surface area (Å²) in [5.41, 5.74) is 0. The van der Waals surface area contributed by atoms with Gasteiger partial charge in [-0.15, -0.1) is 0 Å². The number of hydrogen-bond acceptors (Lipinski definition) is 3. The van der Waals surface area contributed by atoms with E-state index >= 15 is 0 Å². The number of nitrogens with zero attached hydrogens (tertiary/aromatic N) is 1. The quantitative estimate of drug-likeness (QED) is 0.893. The zero-order chi connectivity index (χ0) is 13.3. The summed E-state index contributed by atoms with van der Waals surface area (Å²) in [7, 11) is -4.09. The van der Waals surface area contributed by atoms with E-state index < -0.39 is 32.7 Å². The van der Waals surface area contributed by atoms with Gasteiger partial charge >= 0.3 is 5.97 Å². The topological polar surface area (TPSA) is 74.7 Å². The summed E-state index contributed by atoms with van der Waals surface area (Å²) in [6.07, 6.45) is 0.716. The molecule has 0 spiro atoms. The van der Waals surface area contributed by atoms with Crippen LogP contribution in [0.25, 0.3) is 0 Å². The van der Waals surface area contributed by atoms with Crippen LogP contribution in [0.4, 0.5) is 4.39 Å². The Morgan fingerprint density at radius 3 is 2.67 bits per heavy atom. The number of aliphatic carboxylic acids is 1. The SMILES string of the molecule is O=C(O)[C@@H]1CCCN1S(=O)(=O)c1ccccc1F. The van der Waals surface area contributed by atoms with Crippen molar-refractivity contribution in [3.8, 4) is 0 Å². The van der Waals surface area contributed by atoms with E-state index in [1.807, 2.05) is 0 Å². The maximum atomic E-state index is 13.5. The minimum atomic E-state index is -4.09. The number of halogens is 1. The van der Waals surface area contributed by atoms with Gasteiger partial charge in [0.15, 0.2) is 0 Å². The molecule has 0 saturated carbocycles. The molecule has 1 aliphatic heterocycles. The highest BCUT2D eigenvalue weighted by molar-refractivity contribution is 7.89. The summed E-state index contributed by atoms with van der Waals surface area (Å²) in [6.45, 7) is 0.105. The summed E-state index contributed by atoms with van der Waals surface area (Å²) in [5, 5.41) is 8.96. The van der Waals surface area contributed by atoms with E-state index in [0.29, 0.717) is 6.42 Å². The fourth-order valence-electron chi connectivity index (χ4n) is 2.05. The molecule has 98 valence electrons. The molecule has 0 amide bonds. The van der Waals surface area contributed by atoms with Crippen molar-refractivity contribution in [1.29, 1.82) is 0 Å². The summed E-state index contributed by atoms with van der Waals surface area (Å²) in [5.74, 6) is -2.07. The molecule has 1 aliphatic rings. The van der Waals surface area contributed by atoms with Crippen molar-refractivity contribution in [1.82, 2.24) is 4.31 Å². The second-order valence-electron chi connectivity index (χ2n) is 4.04. The Kier molecular flexibility index (Phi) is 3.36. The van der Waals surface area contributed by atoms with Crippen LogP contribution < -0.4 is 0 Å². The van der Waals surface area contributed by atoms with Crippen LogP contribution in [0.2, 0.25) is 0 Å². The molecule has 0 aliphatic carbocycles. The first-order valence-corrected chi connectivity index (χ1v) is 6.88. The minimum absolute atomic E-state index is 0.105. The average Bonchev–Trinajstić information content (AvgIpc) is 2.78. The number of hydrogen-bond donors (Lipinski definition) is 1. The molecule has 1 aromatic rings. The number of rotatable bonds is 3. The average molecular weight is 273 g/mol. The number of carboxylic acids is 1. The van der Waals surface area contributed by atoms with Gasteiger partial charge in [0.25, 0.3) is 0 Å².